The first kappa shape index (κ1) is 9.15. The average molecular weight is 211 g/mol. The van der Waals surface area contributed by atoms with Crippen molar-refractivity contribution in [3.63, 3.8) is 0 Å². The van der Waals surface area contributed by atoms with Crippen molar-refractivity contribution >= 4 is 5.82 Å². The summed E-state index contributed by atoms with van der Waals surface area (Å²) in [5.74, 6) is 0.758. The number of nitrogens with one attached hydrogen (secondary N) is 2. The molecule has 2 heterocycles. The van der Waals surface area contributed by atoms with Crippen molar-refractivity contribution in [3.05, 3.63) is 11.3 Å². The van der Waals surface area contributed by atoms with Crippen molar-refractivity contribution in [2.24, 2.45) is 0 Å². The van der Waals surface area contributed by atoms with Crippen molar-refractivity contribution in [1.82, 2.24) is 10.2 Å². The summed E-state index contributed by atoms with van der Waals surface area (Å²) < 4.78 is 18.7. The van der Waals surface area contributed by atoms with Gasteiger partial charge in [-0.05, 0) is 12.8 Å². The van der Waals surface area contributed by atoms with E-state index < -0.39 is 5.67 Å². The second-order valence-corrected chi connectivity index (χ2v) is 4.34. The van der Waals surface area contributed by atoms with E-state index in [-0.39, 0.29) is 0 Å². The molecule has 0 bridgehead atoms. The zero-order valence-corrected chi connectivity index (χ0v) is 8.48. The van der Waals surface area contributed by atoms with Crippen LogP contribution >= 0.6 is 0 Å². The number of hydrogen-bond donors (Lipinski definition) is 2. The first-order chi connectivity index (χ1) is 7.27. The molecule has 0 unspecified atom stereocenters. The van der Waals surface area contributed by atoms with Crippen LogP contribution in [0, 0.1) is 0 Å². The van der Waals surface area contributed by atoms with Crippen molar-refractivity contribution in [2.45, 2.75) is 31.5 Å². The summed E-state index contributed by atoms with van der Waals surface area (Å²) in [6.45, 7) is 1.68. The molecule has 4 nitrogen and oxygen atoms in total. The zero-order chi connectivity index (χ0) is 10.3. The van der Waals surface area contributed by atoms with E-state index in [9.17, 15) is 4.39 Å². The molecule has 0 aromatic carbocycles. The molecule has 0 amide bonds. The lowest BCUT2D eigenvalue weighted by molar-refractivity contribution is 0.110. The molecule has 2 N–H and O–H groups in total. The Balaban J connectivity index is 1.71. The number of fused-ring (bicyclic) bond motifs is 1. The Morgan fingerprint density at radius 3 is 3.20 bits per heavy atom. The maximum absolute atomic E-state index is 13.4. The molecule has 5 heteroatoms. The number of alkyl halides is 1. The SMILES string of the molecule is FC1(CNc2n[nH]c3c2COCC3)CC1. The number of nitrogens with zero attached hydrogens (tertiary/aromatic N) is 1. The van der Waals surface area contributed by atoms with Gasteiger partial charge in [-0.2, -0.15) is 5.10 Å². The third-order valence-electron chi connectivity index (χ3n) is 3.06. The minimum atomic E-state index is -0.985. The molecule has 82 valence electrons. The molecule has 1 aliphatic carbocycles. The van der Waals surface area contributed by atoms with Crippen LogP contribution in [0.5, 0.6) is 0 Å². The first-order valence-corrected chi connectivity index (χ1v) is 5.33. The molecular formula is C10H14FN3O. The van der Waals surface area contributed by atoms with E-state index >= 15 is 0 Å². The summed E-state index contributed by atoms with van der Waals surface area (Å²) in [4.78, 5) is 0. The lowest BCUT2D eigenvalue weighted by atomic mass is 10.1. The lowest BCUT2D eigenvalue weighted by Crippen LogP contribution is -2.18. The van der Waals surface area contributed by atoms with Gasteiger partial charge in [0.15, 0.2) is 5.82 Å². The predicted octanol–water partition coefficient (Wildman–Crippen LogP) is 1.40. The van der Waals surface area contributed by atoms with Crippen LogP contribution in [0.25, 0.3) is 0 Å². The second kappa shape index (κ2) is 3.20. The monoisotopic (exact) mass is 211 g/mol. The highest BCUT2D eigenvalue weighted by Gasteiger charge is 2.43. The summed E-state index contributed by atoms with van der Waals surface area (Å²) in [5, 5.41) is 10.2. The third-order valence-corrected chi connectivity index (χ3v) is 3.06. The first-order valence-electron chi connectivity index (χ1n) is 5.33. The quantitative estimate of drug-likeness (QED) is 0.794. The van der Waals surface area contributed by atoms with Crippen molar-refractivity contribution in [2.75, 3.05) is 18.5 Å². The van der Waals surface area contributed by atoms with Crippen LogP contribution in [-0.2, 0) is 17.8 Å². The number of ether oxygens (including phenoxy) is 1. The fraction of sp³-hybridized carbons (Fsp3) is 0.700. The van der Waals surface area contributed by atoms with Gasteiger partial charge in [0.05, 0.1) is 19.8 Å². The predicted molar refractivity (Wildman–Crippen MR) is 53.5 cm³/mol. The molecule has 1 aromatic rings. The minimum absolute atomic E-state index is 0.365. The number of aromatic amines is 1. The highest BCUT2D eigenvalue weighted by atomic mass is 19.1. The van der Waals surface area contributed by atoms with Gasteiger partial charge >= 0.3 is 0 Å². The van der Waals surface area contributed by atoms with Crippen molar-refractivity contribution in [3.8, 4) is 0 Å². The average Bonchev–Trinajstić information content (AvgIpc) is 2.86. The van der Waals surface area contributed by atoms with Gasteiger partial charge in [0.25, 0.3) is 0 Å². The summed E-state index contributed by atoms with van der Waals surface area (Å²) in [5.41, 5.74) is 1.19. The molecule has 3 rings (SSSR count). The van der Waals surface area contributed by atoms with Crippen molar-refractivity contribution in [1.29, 1.82) is 0 Å². The molecular weight excluding hydrogens is 197 g/mol. The number of aromatic nitrogens is 2. The van der Waals surface area contributed by atoms with E-state index in [1.54, 1.807) is 0 Å². The van der Waals surface area contributed by atoms with E-state index in [2.05, 4.69) is 15.5 Å². The highest BCUT2D eigenvalue weighted by molar-refractivity contribution is 5.47. The maximum atomic E-state index is 13.4. The van der Waals surface area contributed by atoms with Gasteiger partial charge in [0.2, 0.25) is 0 Å². The van der Waals surface area contributed by atoms with E-state index in [1.165, 1.54) is 0 Å². The smallest absolute Gasteiger partial charge is 0.153 e. The summed E-state index contributed by atoms with van der Waals surface area (Å²) in [6.07, 6.45) is 2.21. The Bertz CT molecular complexity index is 373. The van der Waals surface area contributed by atoms with Gasteiger partial charge in [0.1, 0.15) is 5.67 Å². The van der Waals surface area contributed by atoms with E-state index in [1.807, 2.05) is 0 Å². The van der Waals surface area contributed by atoms with Gasteiger partial charge < -0.3 is 10.1 Å². The molecule has 0 saturated heterocycles. The number of H-pyrrole nitrogens is 1. The summed E-state index contributed by atoms with van der Waals surface area (Å²) >= 11 is 0. The van der Waals surface area contributed by atoms with Crippen LogP contribution < -0.4 is 5.32 Å². The molecule has 1 aromatic heterocycles. The van der Waals surface area contributed by atoms with E-state index in [4.69, 9.17) is 4.74 Å². The maximum Gasteiger partial charge on any atom is 0.153 e. The Morgan fingerprint density at radius 2 is 2.40 bits per heavy atom. The van der Waals surface area contributed by atoms with Crippen LogP contribution in [0.3, 0.4) is 0 Å². The Kier molecular flexibility index (Phi) is 1.95. The van der Waals surface area contributed by atoms with Crippen LogP contribution in [0.15, 0.2) is 0 Å². The number of halogens is 1. The van der Waals surface area contributed by atoms with Crippen LogP contribution in [0.4, 0.5) is 10.2 Å². The zero-order valence-electron chi connectivity index (χ0n) is 8.48. The van der Waals surface area contributed by atoms with Gasteiger partial charge in [0, 0.05) is 17.7 Å². The minimum Gasteiger partial charge on any atom is -0.376 e. The molecule has 1 saturated carbocycles. The second-order valence-electron chi connectivity index (χ2n) is 4.34. The molecule has 0 atom stereocenters. The van der Waals surface area contributed by atoms with E-state index in [0.717, 1.165) is 30.1 Å². The number of rotatable bonds is 3. The van der Waals surface area contributed by atoms with Gasteiger partial charge in [-0.25, -0.2) is 4.39 Å². The Hall–Kier alpha value is -1.10. The fourth-order valence-corrected chi connectivity index (χ4v) is 1.81. The van der Waals surface area contributed by atoms with Crippen molar-refractivity contribution < 1.29 is 9.13 Å². The van der Waals surface area contributed by atoms with Crippen LogP contribution in [-0.4, -0.2) is 29.0 Å². The Morgan fingerprint density at radius 1 is 1.53 bits per heavy atom. The van der Waals surface area contributed by atoms with Gasteiger partial charge in [-0.1, -0.05) is 0 Å². The summed E-state index contributed by atoms with van der Waals surface area (Å²) in [7, 11) is 0. The van der Waals surface area contributed by atoms with Gasteiger partial charge in [-0.3, -0.25) is 5.10 Å². The molecule has 0 spiro atoms. The lowest BCUT2D eigenvalue weighted by Gasteiger charge is -2.13. The third kappa shape index (κ3) is 1.71. The summed E-state index contributed by atoms with van der Waals surface area (Å²) in [6, 6.07) is 0. The van der Waals surface area contributed by atoms with E-state index in [0.29, 0.717) is 26.0 Å². The van der Waals surface area contributed by atoms with Crippen LogP contribution in [0.1, 0.15) is 24.1 Å². The molecule has 0 radical (unpaired) electrons. The molecule has 1 aliphatic heterocycles. The highest BCUT2D eigenvalue weighted by Crippen LogP contribution is 2.39. The Labute approximate surface area is 87.2 Å². The van der Waals surface area contributed by atoms with Crippen LogP contribution in [0.2, 0.25) is 0 Å². The van der Waals surface area contributed by atoms with Gasteiger partial charge in [-0.15, -0.1) is 0 Å². The normalized spacial score (nSPS) is 22.2. The molecule has 15 heavy (non-hydrogen) atoms. The number of hydrogen-bond acceptors (Lipinski definition) is 3. The topological polar surface area (TPSA) is 49.9 Å². The molecule has 1 fully saturated rings. The largest absolute Gasteiger partial charge is 0.376 e. The molecule has 2 aliphatic rings. The number of anilines is 1. The fourth-order valence-electron chi connectivity index (χ4n) is 1.81. The standard InChI is InChI=1S/C10H14FN3O/c11-10(2-3-10)6-12-9-7-5-15-4-1-8(7)13-14-9/h1-6H2,(H2,12,13,14).